The average molecular weight is 287 g/mol. The highest BCUT2D eigenvalue weighted by Crippen LogP contribution is 2.37. The Hall–Kier alpha value is -1.91. The third-order valence-electron chi connectivity index (χ3n) is 4.68. The summed E-state index contributed by atoms with van der Waals surface area (Å²) < 4.78 is 0. The van der Waals surface area contributed by atoms with Crippen LogP contribution in [0.15, 0.2) is 24.4 Å². The molecule has 5 heteroatoms. The average Bonchev–Trinajstić information content (AvgIpc) is 2.84. The number of likely N-dealkylation sites (tertiary alicyclic amines) is 2. The second-order valence-corrected chi connectivity index (χ2v) is 5.94. The minimum Gasteiger partial charge on any atom is -0.341 e. The van der Waals surface area contributed by atoms with E-state index in [0.717, 1.165) is 25.8 Å². The molecule has 1 aromatic rings. The molecule has 0 aliphatic carbocycles. The van der Waals surface area contributed by atoms with Gasteiger partial charge in [0.05, 0.1) is 12.0 Å². The van der Waals surface area contributed by atoms with Crippen LogP contribution in [-0.4, -0.2) is 51.8 Å². The zero-order valence-electron chi connectivity index (χ0n) is 12.4. The molecule has 2 aliphatic heterocycles. The van der Waals surface area contributed by atoms with Gasteiger partial charge in [0.15, 0.2) is 0 Å². The lowest BCUT2D eigenvalue weighted by Crippen LogP contribution is -2.56. The van der Waals surface area contributed by atoms with E-state index in [0.29, 0.717) is 25.2 Å². The Morgan fingerprint density at radius 3 is 2.90 bits per heavy atom. The summed E-state index contributed by atoms with van der Waals surface area (Å²) in [5, 5.41) is 0. The van der Waals surface area contributed by atoms with Gasteiger partial charge < -0.3 is 9.80 Å². The summed E-state index contributed by atoms with van der Waals surface area (Å²) in [6.45, 7) is 4.10. The highest BCUT2D eigenvalue weighted by atomic mass is 16.2. The molecule has 2 aliphatic rings. The summed E-state index contributed by atoms with van der Waals surface area (Å²) in [5.74, 6) is 0.124. The highest BCUT2D eigenvalue weighted by molar-refractivity contribution is 5.94. The number of hydrogen-bond donors (Lipinski definition) is 0. The molecule has 2 amide bonds. The van der Waals surface area contributed by atoms with Crippen LogP contribution < -0.4 is 0 Å². The first kappa shape index (κ1) is 14.0. The van der Waals surface area contributed by atoms with Gasteiger partial charge in [-0.3, -0.25) is 14.6 Å². The Kier molecular flexibility index (Phi) is 3.66. The van der Waals surface area contributed by atoms with Gasteiger partial charge >= 0.3 is 0 Å². The van der Waals surface area contributed by atoms with E-state index in [1.165, 1.54) is 0 Å². The van der Waals surface area contributed by atoms with E-state index in [2.05, 4.69) is 4.98 Å². The molecule has 5 nitrogen and oxygen atoms in total. The van der Waals surface area contributed by atoms with Crippen LogP contribution in [0.25, 0.3) is 0 Å². The minimum absolute atomic E-state index is 0.0407. The normalized spacial score (nSPS) is 25.7. The third kappa shape index (κ3) is 2.41. The minimum atomic E-state index is -0.319. The molecule has 2 fully saturated rings. The number of hydrogen-bond acceptors (Lipinski definition) is 3. The summed E-state index contributed by atoms with van der Waals surface area (Å²) in [4.78, 5) is 32.9. The molecule has 112 valence electrons. The van der Waals surface area contributed by atoms with Crippen LogP contribution in [0.3, 0.4) is 0 Å². The molecule has 2 saturated heterocycles. The largest absolute Gasteiger partial charge is 0.341 e. The van der Waals surface area contributed by atoms with E-state index in [9.17, 15) is 9.59 Å². The Morgan fingerprint density at radius 2 is 2.24 bits per heavy atom. The van der Waals surface area contributed by atoms with Crippen LogP contribution in [0.4, 0.5) is 0 Å². The summed E-state index contributed by atoms with van der Waals surface area (Å²) >= 11 is 0. The second kappa shape index (κ2) is 5.47. The maximum Gasteiger partial charge on any atom is 0.272 e. The molecule has 21 heavy (non-hydrogen) atoms. The maximum absolute atomic E-state index is 12.8. The molecule has 0 N–H and O–H groups in total. The number of piperidine rings is 1. The van der Waals surface area contributed by atoms with Gasteiger partial charge in [0, 0.05) is 25.8 Å². The number of rotatable bonds is 2. The van der Waals surface area contributed by atoms with E-state index in [1.54, 1.807) is 18.3 Å². The number of likely N-dealkylation sites (N-methyl/N-ethyl adjacent to an activating group) is 1. The standard InChI is InChI=1S/C16H21N3O2/c1-2-18-12-16(11-14(18)20)8-4-6-10-19(16)15(21)13-7-3-5-9-17-13/h3,5,7,9H,2,4,6,8,10-12H2,1H3/t16-/m0/s1. The van der Waals surface area contributed by atoms with Crippen molar-refractivity contribution in [2.45, 2.75) is 38.1 Å². The Morgan fingerprint density at radius 1 is 1.38 bits per heavy atom. The van der Waals surface area contributed by atoms with Crippen LogP contribution in [0.2, 0.25) is 0 Å². The zero-order chi connectivity index (χ0) is 14.9. The number of amides is 2. The topological polar surface area (TPSA) is 53.5 Å². The number of carbonyl (C=O) groups is 2. The number of aromatic nitrogens is 1. The van der Waals surface area contributed by atoms with Gasteiger partial charge in [0.1, 0.15) is 5.69 Å². The fourth-order valence-corrected chi connectivity index (χ4v) is 3.57. The van der Waals surface area contributed by atoms with Crippen molar-refractivity contribution in [2.75, 3.05) is 19.6 Å². The molecular formula is C16H21N3O2. The molecule has 0 saturated carbocycles. The Labute approximate surface area is 124 Å². The van der Waals surface area contributed by atoms with Gasteiger partial charge in [-0.25, -0.2) is 0 Å². The molecule has 0 radical (unpaired) electrons. The fourth-order valence-electron chi connectivity index (χ4n) is 3.57. The van der Waals surface area contributed by atoms with Crippen molar-refractivity contribution < 1.29 is 9.59 Å². The van der Waals surface area contributed by atoms with E-state index < -0.39 is 0 Å². The summed E-state index contributed by atoms with van der Waals surface area (Å²) in [6, 6.07) is 5.38. The monoisotopic (exact) mass is 287 g/mol. The third-order valence-corrected chi connectivity index (χ3v) is 4.68. The summed E-state index contributed by atoms with van der Waals surface area (Å²) in [7, 11) is 0. The maximum atomic E-state index is 12.8. The molecule has 0 bridgehead atoms. The van der Waals surface area contributed by atoms with Crippen molar-refractivity contribution in [1.29, 1.82) is 0 Å². The molecule has 0 aromatic carbocycles. The lowest BCUT2D eigenvalue weighted by molar-refractivity contribution is -0.127. The summed E-state index contributed by atoms with van der Waals surface area (Å²) in [5.41, 5.74) is 0.154. The predicted molar refractivity (Wildman–Crippen MR) is 78.7 cm³/mol. The van der Waals surface area contributed by atoms with E-state index in [1.807, 2.05) is 22.8 Å². The van der Waals surface area contributed by atoms with E-state index in [4.69, 9.17) is 0 Å². The quantitative estimate of drug-likeness (QED) is 0.832. The van der Waals surface area contributed by atoms with Gasteiger partial charge in [0.2, 0.25) is 5.91 Å². The van der Waals surface area contributed by atoms with Crippen LogP contribution >= 0.6 is 0 Å². The van der Waals surface area contributed by atoms with E-state index in [-0.39, 0.29) is 17.4 Å². The van der Waals surface area contributed by atoms with Gasteiger partial charge in [-0.15, -0.1) is 0 Å². The van der Waals surface area contributed by atoms with Crippen molar-refractivity contribution in [3.63, 3.8) is 0 Å². The fraction of sp³-hybridized carbons (Fsp3) is 0.562. The number of carbonyl (C=O) groups excluding carboxylic acids is 2. The first-order valence-electron chi connectivity index (χ1n) is 7.67. The summed E-state index contributed by atoms with van der Waals surface area (Å²) in [6.07, 6.45) is 5.09. The molecule has 1 atom stereocenters. The van der Waals surface area contributed by atoms with Gasteiger partial charge in [-0.05, 0) is 38.3 Å². The first-order valence-corrected chi connectivity index (χ1v) is 7.67. The van der Waals surface area contributed by atoms with Crippen molar-refractivity contribution in [3.05, 3.63) is 30.1 Å². The van der Waals surface area contributed by atoms with Crippen LogP contribution in [0, 0.1) is 0 Å². The molecule has 3 rings (SSSR count). The predicted octanol–water partition coefficient (Wildman–Crippen LogP) is 1.70. The highest BCUT2D eigenvalue weighted by Gasteiger charge is 2.49. The van der Waals surface area contributed by atoms with E-state index >= 15 is 0 Å². The smallest absolute Gasteiger partial charge is 0.272 e. The molecule has 3 heterocycles. The van der Waals surface area contributed by atoms with Gasteiger partial charge in [0.25, 0.3) is 5.91 Å². The SMILES string of the molecule is CCN1C[C@]2(CCCCN2C(=O)c2ccccn2)CC1=O. The Balaban J connectivity index is 1.89. The van der Waals surface area contributed by atoms with Crippen LogP contribution in [0.5, 0.6) is 0 Å². The zero-order valence-corrected chi connectivity index (χ0v) is 12.4. The number of pyridine rings is 1. The molecule has 1 spiro atoms. The first-order chi connectivity index (χ1) is 10.2. The Bertz CT molecular complexity index is 546. The van der Waals surface area contributed by atoms with Crippen LogP contribution in [-0.2, 0) is 4.79 Å². The van der Waals surface area contributed by atoms with Crippen molar-refractivity contribution in [1.82, 2.24) is 14.8 Å². The molecule has 1 aromatic heterocycles. The van der Waals surface area contributed by atoms with Gasteiger partial charge in [-0.1, -0.05) is 6.07 Å². The van der Waals surface area contributed by atoms with Crippen molar-refractivity contribution >= 4 is 11.8 Å². The lowest BCUT2D eigenvalue weighted by Gasteiger charge is -2.44. The molecular weight excluding hydrogens is 266 g/mol. The second-order valence-electron chi connectivity index (χ2n) is 5.94. The van der Waals surface area contributed by atoms with Crippen molar-refractivity contribution in [2.24, 2.45) is 0 Å². The lowest BCUT2D eigenvalue weighted by atomic mass is 9.85. The molecule has 0 unspecified atom stereocenters. The van der Waals surface area contributed by atoms with Crippen LogP contribution in [0.1, 0.15) is 43.1 Å². The number of nitrogens with zero attached hydrogens (tertiary/aromatic N) is 3. The van der Waals surface area contributed by atoms with Gasteiger partial charge in [-0.2, -0.15) is 0 Å². The van der Waals surface area contributed by atoms with Crippen molar-refractivity contribution in [3.8, 4) is 0 Å².